The van der Waals surface area contributed by atoms with Crippen LogP contribution in [0.25, 0.3) is 0 Å². The first-order chi connectivity index (χ1) is 13.3. The Balaban J connectivity index is 0.00000225. The van der Waals surface area contributed by atoms with Crippen LogP contribution >= 0.6 is 24.0 Å². The summed E-state index contributed by atoms with van der Waals surface area (Å²) in [6.07, 6.45) is 8.43. The number of nitrogens with zero attached hydrogens (tertiary/aromatic N) is 2. The van der Waals surface area contributed by atoms with Gasteiger partial charge >= 0.3 is 0 Å². The molecule has 28 heavy (non-hydrogen) atoms. The SMILES string of the molecule is CCNC(=NCc1ccc(CN2CCCCC2)cc1)NC1CC2CCC1O2.I. The number of ether oxygens (including phenoxy) is 1. The average molecular weight is 498 g/mol. The summed E-state index contributed by atoms with van der Waals surface area (Å²) in [6, 6.07) is 9.40. The van der Waals surface area contributed by atoms with E-state index in [1.807, 2.05) is 0 Å². The molecule has 3 aliphatic rings. The van der Waals surface area contributed by atoms with Crippen LogP contribution in [0.15, 0.2) is 29.3 Å². The van der Waals surface area contributed by atoms with E-state index in [0.29, 0.717) is 24.8 Å². The summed E-state index contributed by atoms with van der Waals surface area (Å²) in [5.74, 6) is 0.913. The molecule has 3 fully saturated rings. The molecule has 0 saturated carbocycles. The van der Waals surface area contributed by atoms with Crippen molar-refractivity contribution in [3.63, 3.8) is 0 Å². The van der Waals surface area contributed by atoms with Crippen LogP contribution in [0.4, 0.5) is 0 Å². The summed E-state index contributed by atoms with van der Waals surface area (Å²) in [6.45, 7) is 7.28. The second kappa shape index (κ2) is 10.8. The minimum Gasteiger partial charge on any atom is -0.373 e. The third-order valence-corrected chi connectivity index (χ3v) is 6.07. The van der Waals surface area contributed by atoms with E-state index in [-0.39, 0.29) is 24.0 Å². The van der Waals surface area contributed by atoms with E-state index in [1.165, 1.54) is 56.3 Å². The number of rotatable bonds is 6. The monoisotopic (exact) mass is 498 g/mol. The fourth-order valence-corrected chi connectivity index (χ4v) is 4.58. The van der Waals surface area contributed by atoms with Gasteiger partial charge in [-0.05, 0) is 63.2 Å². The van der Waals surface area contributed by atoms with Crippen molar-refractivity contribution in [1.82, 2.24) is 15.5 Å². The van der Waals surface area contributed by atoms with Gasteiger partial charge in [0.05, 0.1) is 24.8 Å². The van der Waals surface area contributed by atoms with Gasteiger partial charge in [-0.1, -0.05) is 30.7 Å². The highest BCUT2D eigenvalue weighted by Crippen LogP contribution is 2.34. The standard InChI is InChI=1S/C22H34N4O.HI/c1-2-23-22(25-20-14-19-10-11-21(20)27-19)24-15-17-6-8-18(9-7-17)16-26-12-4-3-5-13-26;/h6-9,19-21H,2-5,10-16H2,1H3,(H2,23,24,25);1H. The van der Waals surface area contributed by atoms with Crippen molar-refractivity contribution in [2.45, 2.75) is 76.8 Å². The Hall–Kier alpha value is -0.860. The van der Waals surface area contributed by atoms with Crippen LogP contribution in [0, 0.1) is 0 Å². The van der Waals surface area contributed by atoms with Crippen molar-refractivity contribution >= 4 is 29.9 Å². The Kier molecular flexibility index (Phi) is 8.41. The zero-order chi connectivity index (χ0) is 18.5. The van der Waals surface area contributed by atoms with Gasteiger partial charge < -0.3 is 15.4 Å². The van der Waals surface area contributed by atoms with Crippen molar-refractivity contribution in [3.05, 3.63) is 35.4 Å². The molecule has 3 saturated heterocycles. The number of aliphatic imine (C=N–C) groups is 1. The highest BCUT2D eigenvalue weighted by molar-refractivity contribution is 14.0. The predicted octanol–water partition coefficient (Wildman–Crippen LogP) is 3.67. The molecular formula is C22H35IN4O. The lowest BCUT2D eigenvalue weighted by Crippen LogP contribution is -2.47. The van der Waals surface area contributed by atoms with Gasteiger partial charge in [-0.3, -0.25) is 4.90 Å². The topological polar surface area (TPSA) is 48.9 Å². The number of hydrogen-bond donors (Lipinski definition) is 2. The molecule has 2 bridgehead atoms. The summed E-state index contributed by atoms with van der Waals surface area (Å²) in [4.78, 5) is 7.38. The number of hydrogen-bond acceptors (Lipinski definition) is 3. The molecule has 2 N–H and O–H groups in total. The molecule has 0 aliphatic carbocycles. The van der Waals surface area contributed by atoms with E-state index in [1.54, 1.807) is 0 Å². The quantitative estimate of drug-likeness (QED) is 0.357. The molecule has 0 spiro atoms. The first kappa shape index (κ1) is 21.8. The maximum Gasteiger partial charge on any atom is 0.191 e. The molecule has 3 atom stereocenters. The highest BCUT2D eigenvalue weighted by Gasteiger charge is 2.41. The minimum absolute atomic E-state index is 0. The summed E-state index contributed by atoms with van der Waals surface area (Å²) >= 11 is 0. The second-order valence-corrected chi connectivity index (χ2v) is 8.21. The van der Waals surface area contributed by atoms with E-state index in [4.69, 9.17) is 9.73 Å². The van der Waals surface area contributed by atoms with Crippen LogP contribution < -0.4 is 10.6 Å². The molecule has 0 amide bonds. The second-order valence-electron chi connectivity index (χ2n) is 8.21. The average Bonchev–Trinajstić information content (AvgIpc) is 3.31. The van der Waals surface area contributed by atoms with E-state index >= 15 is 0 Å². The minimum atomic E-state index is 0. The van der Waals surface area contributed by atoms with Gasteiger partial charge in [0.1, 0.15) is 0 Å². The Morgan fingerprint density at radius 1 is 1.11 bits per heavy atom. The van der Waals surface area contributed by atoms with E-state index in [9.17, 15) is 0 Å². The zero-order valence-corrected chi connectivity index (χ0v) is 19.4. The predicted molar refractivity (Wildman–Crippen MR) is 125 cm³/mol. The van der Waals surface area contributed by atoms with Gasteiger partial charge in [-0.15, -0.1) is 24.0 Å². The van der Waals surface area contributed by atoms with Crippen LogP contribution in [0.3, 0.4) is 0 Å². The van der Waals surface area contributed by atoms with Gasteiger partial charge in [-0.25, -0.2) is 4.99 Å². The summed E-state index contributed by atoms with van der Waals surface area (Å²) in [7, 11) is 0. The number of likely N-dealkylation sites (tertiary alicyclic amines) is 1. The van der Waals surface area contributed by atoms with Crippen LogP contribution in [-0.4, -0.2) is 48.7 Å². The van der Waals surface area contributed by atoms with Crippen molar-refractivity contribution < 1.29 is 4.74 Å². The summed E-state index contributed by atoms with van der Waals surface area (Å²) in [5.41, 5.74) is 2.67. The smallest absolute Gasteiger partial charge is 0.191 e. The van der Waals surface area contributed by atoms with E-state index in [2.05, 4.69) is 46.7 Å². The molecule has 156 valence electrons. The van der Waals surface area contributed by atoms with E-state index < -0.39 is 0 Å². The summed E-state index contributed by atoms with van der Waals surface area (Å²) < 4.78 is 5.95. The van der Waals surface area contributed by atoms with Gasteiger partial charge in [0.15, 0.2) is 5.96 Å². The van der Waals surface area contributed by atoms with Gasteiger partial charge in [-0.2, -0.15) is 0 Å². The number of piperidine rings is 1. The lowest BCUT2D eigenvalue weighted by molar-refractivity contribution is 0.0992. The Morgan fingerprint density at radius 2 is 1.86 bits per heavy atom. The third-order valence-electron chi connectivity index (χ3n) is 6.07. The molecule has 3 unspecified atom stereocenters. The van der Waals surface area contributed by atoms with Crippen molar-refractivity contribution in [1.29, 1.82) is 0 Å². The van der Waals surface area contributed by atoms with Crippen LogP contribution in [0.1, 0.15) is 56.6 Å². The number of nitrogens with one attached hydrogen (secondary N) is 2. The van der Waals surface area contributed by atoms with Crippen molar-refractivity contribution in [3.8, 4) is 0 Å². The molecule has 3 heterocycles. The third kappa shape index (κ3) is 5.83. The fourth-order valence-electron chi connectivity index (χ4n) is 4.58. The maximum atomic E-state index is 5.95. The molecule has 1 aromatic carbocycles. The normalized spacial score (nSPS) is 27.5. The van der Waals surface area contributed by atoms with Gasteiger partial charge in [0, 0.05) is 13.1 Å². The fraction of sp³-hybridized carbons (Fsp3) is 0.682. The van der Waals surface area contributed by atoms with Crippen LogP contribution in [0.5, 0.6) is 0 Å². The van der Waals surface area contributed by atoms with E-state index in [0.717, 1.165) is 25.5 Å². The van der Waals surface area contributed by atoms with Crippen molar-refractivity contribution in [2.24, 2.45) is 4.99 Å². The van der Waals surface area contributed by atoms with Gasteiger partial charge in [0.25, 0.3) is 0 Å². The Morgan fingerprint density at radius 3 is 2.50 bits per heavy atom. The summed E-state index contributed by atoms with van der Waals surface area (Å²) in [5, 5.41) is 6.97. The molecule has 3 aliphatic heterocycles. The maximum absolute atomic E-state index is 5.95. The zero-order valence-electron chi connectivity index (χ0n) is 17.0. The molecule has 1 aromatic rings. The first-order valence-electron chi connectivity index (χ1n) is 10.8. The lowest BCUT2D eigenvalue weighted by atomic mass is 9.96. The number of benzene rings is 1. The Labute approximate surface area is 186 Å². The molecule has 5 nitrogen and oxygen atoms in total. The first-order valence-corrected chi connectivity index (χ1v) is 10.8. The van der Waals surface area contributed by atoms with Crippen LogP contribution in [-0.2, 0) is 17.8 Å². The Bertz CT molecular complexity index is 630. The highest BCUT2D eigenvalue weighted by atomic mass is 127. The van der Waals surface area contributed by atoms with Crippen molar-refractivity contribution in [2.75, 3.05) is 19.6 Å². The number of fused-ring (bicyclic) bond motifs is 2. The van der Waals surface area contributed by atoms with Crippen LogP contribution in [0.2, 0.25) is 0 Å². The largest absolute Gasteiger partial charge is 0.373 e. The number of halogens is 1. The molecule has 0 aromatic heterocycles. The van der Waals surface area contributed by atoms with Gasteiger partial charge in [0.2, 0.25) is 0 Å². The molecule has 6 heteroatoms. The molecule has 4 rings (SSSR count). The molecule has 0 radical (unpaired) electrons. The molecular weight excluding hydrogens is 463 g/mol. The lowest BCUT2D eigenvalue weighted by Gasteiger charge is -2.26. The number of guanidine groups is 1.